The first-order valence-corrected chi connectivity index (χ1v) is 9.26. The molecule has 24 heavy (non-hydrogen) atoms. The van der Waals surface area contributed by atoms with Crippen LogP contribution >= 0.6 is 0 Å². The van der Waals surface area contributed by atoms with E-state index in [0.29, 0.717) is 19.3 Å². The highest BCUT2D eigenvalue weighted by Crippen LogP contribution is 2.41. The van der Waals surface area contributed by atoms with E-state index in [9.17, 15) is 14.7 Å². The van der Waals surface area contributed by atoms with Gasteiger partial charge in [-0.1, -0.05) is 13.8 Å². The van der Waals surface area contributed by atoms with E-state index >= 15 is 0 Å². The lowest BCUT2D eigenvalue weighted by molar-refractivity contribution is -0.154. The molecule has 0 saturated carbocycles. The predicted octanol–water partition coefficient (Wildman–Crippen LogP) is 1.54. The fourth-order valence-electron chi connectivity index (χ4n) is 4.38. The van der Waals surface area contributed by atoms with Crippen LogP contribution in [0, 0.1) is 11.8 Å². The highest BCUT2D eigenvalue weighted by atomic mass is 16.6. The Bertz CT molecular complexity index is 496. The van der Waals surface area contributed by atoms with Crippen molar-refractivity contribution in [2.75, 3.05) is 6.54 Å². The second-order valence-corrected chi connectivity index (χ2v) is 7.81. The van der Waals surface area contributed by atoms with Crippen LogP contribution in [0.15, 0.2) is 0 Å². The molecule has 3 aliphatic heterocycles. The number of aliphatic hydroxyl groups is 1. The topological polar surface area (TPSA) is 84.9 Å². The van der Waals surface area contributed by atoms with Crippen molar-refractivity contribution in [3.8, 4) is 0 Å². The van der Waals surface area contributed by atoms with E-state index in [-0.39, 0.29) is 29.8 Å². The molecule has 2 N–H and O–H groups in total. The lowest BCUT2D eigenvalue weighted by atomic mass is 9.81. The normalized spacial score (nSPS) is 41.1. The number of aliphatic hydroxyl groups excluding tert-OH is 1. The van der Waals surface area contributed by atoms with E-state index in [0.717, 1.165) is 32.2 Å². The lowest BCUT2D eigenvalue weighted by Crippen LogP contribution is -2.50. The number of hydrogen-bond acceptors (Lipinski definition) is 6. The fraction of sp³-hybridized carbons (Fsp3) is 0.889. The highest BCUT2D eigenvalue weighted by molar-refractivity contribution is 5.75. The Hall–Kier alpha value is -1.14. The summed E-state index contributed by atoms with van der Waals surface area (Å²) < 4.78 is 11.1. The standard InChI is InChI=1S/C18H29NO5/c1-11-9-14(23-16(11)21)13(20)5-6-15-18(7-3-4-8-19-15)10-12(2)17(22)24-18/h11-15,19-20H,3-10H2,1-2H3/t11-,12+,13?,14-,15-,18+/m0/s1. The molecule has 0 radical (unpaired) electrons. The minimum Gasteiger partial charge on any atom is -0.459 e. The molecular formula is C18H29NO5. The smallest absolute Gasteiger partial charge is 0.309 e. The van der Waals surface area contributed by atoms with Crippen LogP contribution in [-0.2, 0) is 19.1 Å². The number of carbonyl (C=O) groups is 2. The van der Waals surface area contributed by atoms with Crippen molar-refractivity contribution in [1.29, 1.82) is 0 Å². The Morgan fingerprint density at radius 2 is 2.04 bits per heavy atom. The van der Waals surface area contributed by atoms with Crippen molar-refractivity contribution >= 4 is 11.9 Å². The Morgan fingerprint density at radius 1 is 1.25 bits per heavy atom. The summed E-state index contributed by atoms with van der Waals surface area (Å²) in [5.74, 6) is -0.526. The van der Waals surface area contributed by atoms with Crippen LogP contribution in [0.2, 0.25) is 0 Å². The van der Waals surface area contributed by atoms with Gasteiger partial charge in [0.25, 0.3) is 0 Å². The molecule has 0 bridgehead atoms. The summed E-state index contributed by atoms with van der Waals surface area (Å²) in [6.45, 7) is 4.66. The summed E-state index contributed by atoms with van der Waals surface area (Å²) >= 11 is 0. The first-order valence-electron chi connectivity index (χ1n) is 9.26. The number of cyclic esters (lactones) is 1. The lowest BCUT2D eigenvalue weighted by Gasteiger charge is -2.36. The maximum atomic E-state index is 12.0. The van der Waals surface area contributed by atoms with Gasteiger partial charge >= 0.3 is 11.9 Å². The van der Waals surface area contributed by atoms with Crippen LogP contribution < -0.4 is 5.32 Å². The Labute approximate surface area is 143 Å². The van der Waals surface area contributed by atoms with Gasteiger partial charge in [-0.15, -0.1) is 0 Å². The monoisotopic (exact) mass is 339 g/mol. The van der Waals surface area contributed by atoms with Crippen LogP contribution in [0.3, 0.4) is 0 Å². The molecule has 6 atom stereocenters. The minimum absolute atomic E-state index is 0.0538. The van der Waals surface area contributed by atoms with Gasteiger partial charge in [-0.25, -0.2) is 0 Å². The van der Waals surface area contributed by atoms with E-state index in [2.05, 4.69) is 5.32 Å². The first kappa shape index (κ1) is 17.7. The van der Waals surface area contributed by atoms with Crippen molar-refractivity contribution in [2.45, 2.75) is 82.6 Å². The third kappa shape index (κ3) is 3.45. The molecule has 3 fully saturated rings. The zero-order valence-electron chi connectivity index (χ0n) is 14.6. The minimum atomic E-state index is -0.657. The van der Waals surface area contributed by atoms with E-state index in [1.807, 2.05) is 13.8 Å². The van der Waals surface area contributed by atoms with Gasteiger partial charge < -0.3 is 19.9 Å². The molecular weight excluding hydrogens is 310 g/mol. The zero-order valence-corrected chi connectivity index (χ0v) is 14.6. The Kier molecular flexibility index (Phi) is 5.16. The van der Waals surface area contributed by atoms with Gasteiger partial charge in [-0.2, -0.15) is 0 Å². The molecule has 0 aromatic heterocycles. The molecule has 136 valence electrons. The molecule has 6 heteroatoms. The number of carbonyl (C=O) groups excluding carboxylic acids is 2. The molecule has 1 unspecified atom stereocenters. The van der Waals surface area contributed by atoms with E-state index in [4.69, 9.17) is 9.47 Å². The van der Waals surface area contributed by atoms with E-state index < -0.39 is 17.8 Å². The summed E-state index contributed by atoms with van der Waals surface area (Å²) in [7, 11) is 0. The Balaban J connectivity index is 1.61. The van der Waals surface area contributed by atoms with Gasteiger partial charge in [0.15, 0.2) is 0 Å². The molecule has 6 nitrogen and oxygen atoms in total. The van der Waals surface area contributed by atoms with Gasteiger partial charge in [-0.3, -0.25) is 9.59 Å². The van der Waals surface area contributed by atoms with Crippen molar-refractivity contribution in [3.63, 3.8) is 0 Å². The van der Waals surface area contributed by atoms with Crippen LogP contribution in [-0.4, -0.2) is 47.4 Å². The molecule has 0 aromatic carbocycles. The van der Waals surface area contributed by atoms with Crippen LogP contribution in [0.5, 0.6) is 0 Å². The quantitative estimate of drug-likeness (QED) is 0.756. The van der Waals surface area contributed by atoms with Crippen molar-refractivity contribution in [1.82, 2.24) is 5.32 Å². The van der Waals surface area contributed by atoms with Gasteiger partial charge in [0.05, 0.1) is 17.9 Å². The SMILES string of the molecule is C[C@@H]1C[C@@]2(CCCCN[C@H]2CCC(O)[C@@H]2C[C@H](C)C(=O)O2)OC1=O. The summed E-state index contributed by atoms with van der Waals surface area (Å²) in [6, 6.07) is 0.0538. The summed E-state index contributed by atoms with van der Waals surface area (Å²) in [5, 5.41) is 13.9. The Morgan fingerprint density at radius 3 is 2.67 bits per heavy atom. The largest absolute Gasteiger partial charge is 0.459 e. The first-order chi connectivity index (χ1) is 11.4. The van der Waals surface area contributed by atoms with Crippen LogP contribution in [0.25, 0.3) is 0 Å². The average molecular weight is 339 g/mol. The van der Waals surface area contributed by atoms with Crippen LogP contribution in [0.1, 0.15) is 58.8 Å². The molecule has 0 aromatic rings. The molecule has 3 rings (SSSR count). The van der Waals surface area contributed by atoms with E-state index in [1.165, 1.54) is 0 Å². The second kappa shape index (κ2) is 7.00. The van der Waals surface area contributed by atoms with Gasteiger partial charge in [0.1, 0.15) is 11.7 Å². The molecule has 0 aliphatic carbocycles. The predicted molar refractivity (Wildman–Crippen MR) is 87.1 cm³/mol. The second-order valence-electron chi connectivity index (χ2n) is 7.81. The number of esters is 2. The number of rotatable bonds is 4. The molecule has 3 aliphatic rings. The van der Waals surface area contributed by atoms with E-state index in [1.54, 1.807) is 0 Å². The third-order valence-electron chi connectivity index (χ3n) is 5.85. The molecule has 0 amide bonds. The number of ether oxygens (including phenoxy) is 2. The molecule has 1 spiro atoms. The molecule has 3 heterocycles. The van der Waals surface area contributed by atoms with Crippen molar-refractivity contribution < 1.29 is 24.2 Å². The van der Waals surface area contributed by atoms with Gasteiger partial charge in [0, 0.05) is 12.5 Å². The van der Waals surface area contributed by atoms with Crippen LogP contribution in [0.4, 0.5) is 0 Å². The molecule has 3 saturated heterocycles. The fourth-order valence-corrected chi connectivity index (χ4v) is 4.38. The summed E-state index contributed by atoms with van der Waals surface area (Å²) in [4.78, 5) is 23.5. The van der Waals surface area contributed by atoms with Gasteiger partial charge in [-0.05, 0) is 45.1 Å². The number of hydrogen-bond donors (Lipinski definition) is 2. The highest BCUT2D eigenvalue weighted by Gasteiger charge is 2.50. The summed E-state index contributed by atoms with van der Waals surface area (Å²) in [5.41, 5.74) is -0.438. The average Bonchev–Trinajstić information content (AvgIpc) is 2.94. The maximum absolute atomic E-state index is 12.0. The third-order valence-corrected chi connectivity index (χ3v) is 5.85. The zero-order chi connectivity index (χ0) is 17.3. The maximum Gasteiger partial charge on any atom is 0.309 e. The van der Waals surface area contributed by atoms with Crippen molar-refractivity contribution in [3.05, 3.63) is 0 Å². The number of nitrogens with one attached hydrogen (secondary N) is 1. The summed E-state index contributed by atoms with van der Waals surface area (Å²) in [6.07, 6.45) is 4.51. The van der Waals surface area contributed by atoms with Gasteiger partial charge in [0.2, 0.25) is 0 Å². The van der Waals surface area contributed by atoms with Crippen molar-refractivity contribution in [2.24, 2.45) is 11.8 Å².